The molecule has 18 heavy (non-hydrogen) atoms. The topological polar surface area (TPSA) is 92.3 Å². The fourth-order valence-electron chi connectivity index (χ4n) is 1.17. The molecule has 0 saturated carbocycles. The maximum atomic E-state index is 11.3. The van der Waals surface area contributed by atoms with Crippen LogP contribution in [0.2, 0.25) is 0 Å². The molecule has 0 aromatic carbocycles. The van der Waals surface area contributed by atoms with E-state index in [9.17, 15) is 4.79 Å². The van der Waals surface area contributed by atoms with E-state index in [0.717, 1.165) is 0 Å². The minimum Gasteiger partial charge on any atom is -0.467 e. The van der Waals surface area contributed by atoms with Gasteiger partial charge in [-0.15, -0.1) is 0 Å². The third-order valence-corrected chi connectivity index (χ3v) is 2.15. The van der Waals surface area contributed by atoms with Gasteiger partial charge in [0.05, 0.1) is 7.11 Å². The van der Waals surface area contributed by atoms with Crippen molar-refractivity contribution < 1.29 is 9.53 Å². The predicted octanol–water partition coefficient (Wildman–Crippen LogP) is -0.0473. The minimum atomic E-state index is -0.530. The van der Waals surface area contributed by atoms with Crippen molar-refractivity contribution in [3.8, 4) is 0 Å². The summed E-state index contributed by atoms with van der Waals surface area (Å²) in [6.45, 7) is 1.67. The van der Waals surface area contributed by atoms with E-state index in [-0.39, 0.29) is 5.97 Å². The molecule has 1 unspecified atom stereocenters. The number of carbonyl (C=O) groups excluding carboxylic acids is 1. The van der Waals surface area contributed by atoms with Gasteiger partial charge in [-0.2, -0.15) is 15.0 Å². The molecule has 1 aromatic heterocycles. The highest BCUT2D eigenvalue weighted by Crippen LogP contribution is 2.11. The number of carbonyl (C=O) groups is 1. The van der Waals surface area contributed by atoms with E-state index in [1.165, 1.54) is 7.11 Å². The Morgan fingerprint density at radius 3 is 2.39 bits per heavy atom. The molecule has 1 rings (SSSR count). The van der Waals surface area contributed by atoms with E-state index in [0.29, 0.717) is 17.8 Å². The lowest BCUT2D eigenvalue weighted by atomic mass is 10.3. The summed E-state index contributed by atoms with van der Waals surface area (Å²) < 4.78 is 4.62. The molecule has 1 aromatic rings. The van der Waals surface area contributed by atoms with Gasteiger partial charge < -0.3 is 20.3 Å². The van der Waals surface area contributed by atoms with E-state index >= 15 is 0 Å². The summed E-state index contributed by atoms with van der Waals surface area (Å²) >= 11 is 0. The Morgan fingerprint density at radius 1 is 1.28 bits per heavy atom. The Bertz CT molecular complexity index is 423. The molecule has 2 N–H and O–H groups in total. The number of anilines is 3. The van der Waals surface area contributed by atoms with Crippen LogP contribution in [-0.4, -0.2) is 55.2 Å². The third kappa shape index (κ3) is 3.44. The lowest BCUT2D eigenvalue weighted by Gasteiger charge is -2.15. The summed E-state index contributed by atoms with van der Waals surface area (Å²) in [7, 11) is 6.69. The van der Waals surface area contributed by atoms with Crippen LogP contribution in [0.25, 0.3) is 0 Å². The van der Waals surface area contributed by atoms with Crippen molar-refractivity contribution in [2.24, 2.45) is 0 Å². The van der Waals surface area contributed by atoms with Gasteiger partial charge in [-0.25, -0.2) is 4.79 Å². The molecule has 8 heteroatoms. The molecular weight excluding hydrogens is 236 g/mol. The average molecular weight is 254 g/mol. The van der Waals surface area contributed by atoms with Crippen LogP contribution in [0.3, 0.4) is 0 Å². The largest absolute Gasteiger partial charge is 0.467 e. The van der Waals surface area contributed by atoms with Crippen LogP contribution in [-0.2, 0) is 9.53 Å². The summed E-state index contributed by atoms with van der Waals surface area (Å²) in [4.78, 5) is 25.5. The Kier molecular flexibility index (Phi) is 4.64. The van der Waals surface area contributed by atoms with Crippen LogP contribution in [0.1, 0.15) is 6.92 Å². The van der Waals surface area contributed by atoms with Crippen molar-refractivity contribution in [1.82, 2.24) is 15.0 Å². The standard InChI is InChI=1S/C10H18N6O2/c1-6(7(17)18-5)12-9-13-8(11-2)14-10(15-9)16(3)4/h6H,1-5H3,(H2,11,12,13,14,15). The number of ether oxygens (including phenoxy) is 1. The molecule has 0 spiro atoms. The molecule has 0 aliphatic carbocycles. The van der Waals surface area contributed by atoms with Crippen LogP contribution < -0.4 is 15.5 Å². The number of nitrogens with one attached hydrogen (secondary N) is 2. The molecule has 0 saturated heterocycles. The van der Waals surface area contributed by atoms with Crippen molar-refractivity contribution in [1.29, 1.82) is 0 Å². The SMILES string of the molecule is CNc1nc(NC(C)C(=O)OC)nc(N(C)C)n1. The van der Waals surface area contributed by atoms with Crippen molar-refractivity contribution >= 4 is 23.8 Å². The molecule has 0 bridgehead atoms. The van der Waals surface area contributed by atoms with Crippen LogP contribution in [0.5, 0.6) is 0 Å². The first-order valence-electron chi connectivity index (χ1n) is 5.43. The van der Waals surface area contributed by atoms with Crippen LogP contribution in [0.4, 0.5) is 17.8 Å². The Balaban J connectivity index is 2.94. The number of nitrogens with zero attached hydrogens (tertiary/aromatic N) is 4. The minimum absolute atomic E-state index is 0.316. The van der Waals surface area contributed by atoms with Crippen LogP contribution in [0.15, 0.2) is 0 Å². The molecular formula is C10H18N6O2. The van der Waals surface area contributed by atoms with Gasteiger partial charge in [-0.1, -0.05) is 0 Å². The second-order valence-electron chi connectivity index (χ2n) is 3.82. The zero-order valence-corrected chi connectivity index (χ0v) is 11.2. The summed E-state index contributed by atoms with van der Waals surface area (Å²) in [5.41, 5.74) is 0. The highest BCUT2D eigenvalue weighted by atomic mass is 16.5. The van der Waals surface area contributed by atoms with E-state index in [1.807, 2.05) is 14.1 Å². The smallest absolute Gasteiger partial charge is 0.328 e. The number of hydrogen-bond donors (Lipinski definition) is 2. The van der Waals surface area contributed by atoms with E-state index < -0.39 is 6.04 Å². The maximum absolute atomic E-state index is 11.3. The maximum Gasteiger partial charge on any atom is 0.328 e. The molecule has 0 fully saturated rings. The summed E-state index contributed by atoms with van der Waals surface area (Å²) in [5, 5.41) is 5.69. The van der Waals surface area contributed by atoms with Gasteiger partial charge in [0.15, 0.2) is 0 Å². The lowest BCUT2D eigenvalue weighted by molar-refractivity contribution is -0.141. The second kappa shape index (κ2) is 5.99. The van der Waals surface area contributed by atoms with Gasteiger partial charge in [0.1, 0.15) is 6.04 Å². The van der Waals surface area contributed by atoms with Crippen molar-refractivity contribution in [2.75, 3.05) is 43.8 Å². The Hall–Kier alpha value is -2.12. The fraction of sp³-hybridized carbons (Fsp3) is 0.600. The second-order valence-corrected chi connectivity index (χ2v) is 3.82. The molecule has 0 aliphatic heterocycles. The number of hydrogen-bond acceptors (Lipinski definition) is 8. The molecule has 0 radical (unpaired) electrons. The zero-order valence-electron chi connectivity index (χ0n) is 11.2. The lowest BCUT2D eigenvalue weighted by Crippen LogP contribution is -2.28. The Labute approximate surface area is 106 Å². The van der Waals surface area contributed by atoms with Crippen LogP contribution >= 0.6 is 0 Å². The van der Waals surface area contributed by atoms with E-state index in [1.54, 1.807) is 18.9 Å². The number of methoxy groups -OCH3 is 1. The van der Waals surface area contributed by atoms with Crippen LogP contribution in [0, 0.1) is 0 Å². The fourth-order valence-corrected chi connectivity index (χ4v) is 1.17. The van der Waals surface area contributed by atoms with Gasteiger partial charge in [0.2, 0.25) is 17.8 Å². The third-order valence-electron chi connectivity index (χ3n) is 2.15. The van der Waals surface area contributed by atoms with Gasteiger partial charge in [0.25, 0.3) is 0 Å². The summed E-state index contributed by atoms with van der Waals surface area (Å²) in [6.07, 6.45) is 0. The average Bonchev–Trinajstić information content (AvgIpc) is 2.36. The highest BCUT2D eigenvalue weighted by Gasteiger charge is 2.15. The van der Waals surface area contributed by atoms with Crippen molar-refractivity contribution in [3.05, 3.63) is 0 Å². The number of rotatable bonds is 5. The number of esters is 1. The Morgan fingerprint density at radius 2 is 1.89 bits per heavy atom. The van der Waals surface area contributed by atoms with E-state index in [2.05, 4.69) is 30.3 Å². The molecule has 1 atom stereocenters. The predicted molar refractivity (Wildman–Crippen MR) is 68.8 cm³/mol. The van der Waals surface area contributed by atoms with Gasteiger partial charge >= 0.3 is 5.97 Å². The first-order valence-corrected chi connectivity index (χ1v) is 5.43. The molecule has 0 amide bonds. The molecule has 100 valence electrons. The number of aromatic nitrogens is 3. The quantitative estimate of drug-likeness (QED) is 0.707. The normalized spacial score (nSPS) is 11.6. The molecule has 8 nitrogen and oxygen atoms in total. The highest BCUT2D eigenvalue weighted by molar-refractivity contribution is 5.78. The summed E-state index contributed by atoms with van der Waals surface area (Å²) in [5.74, 6) is 0.853. The molecule has 0 aliphatic rings. The van der Waals surface area contributed by atoms with Gasteiger partial charge in [0, 0.05) is 21.1 Å². The zero-order chi connectivity index (χ0) is 13.7. The first kappa shape index (κ1) is 13.9. The summed E-state index contributed by atoms with van der Waals surface area (Å²) in [6, 6.07) is -0.530. The van der Waals surface area contributed by atoms with Crippen molar-refractivity contribution in [3.63, 3.8) is 0 Å². The van der Waals surface area contributed by atoms with E-state index in [4.69, 9.17) is 0 Å². The monoisotopic (exact) mass is 254 g/mol. The van der Waals surface area contributed by atoms with Gasteiger partial charge in [-0.05, 0) is 6.92 Å². The molecule has 1 heterocycles. The van der Waals surface area contributed by atoms with Gasteiger partial charge in [-0.3, -0.25) is 0 Å². The van der Waals surface area contributed by atoms with Crippen molar-refractivity contribution in [2.45, 2.75) is 13.0 Å². The first-order chi connectivity index (χ1) is 8.47.